The molecule has 1 aliphatic heterocycles. The molecule has 0 fully saturated rings. The van der Waals surface area contributed by atoms with Gasteiger partial charge in [-0.15, -0.1) is 0 Å². The number of fused-ring (bicyclic) bond motifs is 1. The highest BCUT2D eigenvalue weighted by molar-refractivity contribution is 5.79. The van der Waals surface area contributed by atoms with E-state index in [9.17, 15) is 4.79 Å². The molecule has 25 heavy (non-hydrogen) atoms. The first-order chi connectivity index (χ1) is 12.0. The SMILES string of the molecule is COc1ccc2c(c1)OCCC2NC(=O)C(C)Cc1c(C)n[nH]c1C. The molecule has 1 aromatic heterocycles. The third-order valence-corrected chi connectivity index (χ3v) is 4.82. The van der Waals surface area contributed by atoms with E-state index in [-0.39, 0.29) is 17.9 Å². The first kappa shape index (κ1) is 17.3. The van der Waals surface area contributed by atoms with Gasteiger partial charge in [-0.2, -0.15) is 5.10 Å². The number of aromatic nitrogens is 2. The van der Waals surface area contributed by atoms with Crippen LogP contribution in [0.2, 0.25) is 0 Å². The highest BCUT2D eigenvalue weighted by atomic mass is 16.5. The second-order valence-electron chi connectivity index (χ2n) is 6.62. The summed E-state index contributed by atoms with van der Waals surface area (Å²) < 4.78 is 11.0. The number of hydrogen-bond donors (Lipinski definition) is 2. The number of carbonyl (C=O) groups excluding carboxylic acids is 1. The van der Waals surface area contributed by atoms with Crippen LogP contribution in [0.25, 0.3) is 0 Å². The number of amides is 1. The van der Waals surface area contributed by atoms with Crippen LogP contribution in [0.5, 0.6) is 11.5 Å². The molecule has 0 bridgehead atoms. The largest absolute Gasteiger partial charge is 0.497 e. The number of H-pyrrole nitrogens is 1. The Labute approximate surface area is 147 Å². The van der Waals surface area contributed by atoms with Gasteiger partial charge in [0.05, 0.1) is 25.5 Å². The number of benzene rings is 1. The topological polar surface area (TPSA) is 76.2 Å². The number of rotatable bonds is 5. The summed E-state index contributed by atoms with van der Waals surface area (Å²) in [6.07, 6.45) is 1.44. The summed E-state index contributed by atoms with van der Waals surface area (Å²) in [6, 6.07) is 5.70. The number of nitrogens with one attached hydrogen (secondary N) is 2. The van der Waals surface area contributed by atoms with Crippen molar-refractivity contribution >= 4 is 5.91 Å². The van der Waals surface area contributed by atoms with Gasteiger partial charge in [0.1, 0.15) is 11.5 Å². The third-order valence-electron chi connectivity index (χ3n) is 4.82. The normalized spacial score (nSPS) is 17.4. The van der Waals surface area contributed by atoms with Gasteiger partial charge in [-0.3, -0.25) is 9.89 Å². The molecule has 2 heterocycles. The number of ether oxygens (including phenoxy) is 2. The van der Waals surface area contributed by atoms with Crippen LogP contribution in [0, 0.1) is 19.8 Å². The third kappa shape index (κ3) is 3.62. The fourth-order valence-electron chi connectivity index (χ4n) is 3.23. The van der Waals surface area contributed by atoms with Crippen molar-refractivity contribution in [3.05, 3.63) is 40.7 Å². The summed E-state index contributed by atoms with van der Waals surface area (Å²) in [7, 11) is 1.63. The van der Waals surface area contributed by atoms with E-state index in [4.69, 9.17) is 9.47 Å². The van der Waals surface area contributed by atoms with E-state index in [2.05, 4.69) is 15.5 Å². The van der Waals surface area contributed by atoms with Crippen LogP contribution >= 0.6 is 0 Å². The van der Waals surface area contributed by atoms with Crippen LogP contribution in [-0.4, -0.2) is 29.8 Å². The Balaban J connectivity index is 1.69. The molecular formula is C19H25N3O3. The molecule has 134 valence electrons. The quantitative estimate of drug-likeness (QED) is 0.875. The molecule has 0 saturated carbocycles. The summed E-state index contributed by atoms with van der Waals surface area (Å²) >= 11 is 0. The predicted octanol–water partition coefficient (Wildman–Crippen LogP) is 2.85. The van der Waals surface area contributed by atoms with E-state index in [0.29, 0.717) is 13.0 Å². The molecule has 1 aliphatic rings. The zero-order chi connectivity index (χ0) is 18.0. The number of hydrogen-bond acceptors (Lipinski definition) is 4. The maximum atomic E-state index is 12.7. The summed E-state index contributed by atoms with van der Waals surface area (Å²) in [5.41, 5.74) is 4.12. The molecule has 3 rings (SSSR count). The molecule has 6 nitrogen and oxygen atoms in total. The molecule has 1 amide bonds. The Kier molecular flexibility index (Phi) is 4.97. The van der Waals surface area contributed by atoms with Crippen molar-refractivity contribution in [2.45, 2.75) is 39.7 Å². The Morgan fingerprint density at radius 3 is 2.96 bits per heavy atom. The lowest BCUT2D eigenvalue weighted by atomic mass is 9.96. The monoisotopic (exact) mass is 343 g/mol. The Morgan fingerprint density at radius 1 is 1.48 bits per heavy atom. The van der Waals surface area contributed by atoms with Crippen LogP contribution in [0.3, 0.4) is 0 Å². The first-order valence-corrected chi connectivity index (χ1v) is 8.61. The minimum Gasteiger partial charge on any atom is -0.497 e. The Morgan fingerprint density at radius 2 is 2.28 bits per heavy atom. The van der Waals surface area contributed by atoms with E-state index in [1.54, 1.807) is 7.11 Å². The van der Waals surface area contributed by atoms with Gasteiger partial charge in [-0.1, -0.05) is 6.92 Å². The van der Waals surface area contributed by atoms with Crippen molar-refractivity contribution in [2.75, 3.05) is 13.7 Å². The van der Waals surface area contributed by atoms with Crippen LogP contribution in [0.1, 0.15) is 41.9 Å². The molecule has 1 aromatic carbocycles. The van der Waals surface area contributed by atoms with E-state index in [1.165, 1.54) is 0 Å². The molecule has 6 heteroatoms. The number of carbonyl (C=O) groups is 1. The average Bonchev–Trinajstić information content (AvgIpc) is 2.93. The average molecular weight is 343 g/mol. The fraction of sp³-hybridized carbons (Fsp3) is 0.474. The molecule has 0 aliphatic carbocycles. The van der Waals surface area contributed by atoms with E-state index >= 15 is 0 Å². The van der Waals surface area contributed by atoms with Gasteiger partial charge in [-0.25, -0.2) is 0 Å². The van der Waals surface area contributed by atoms with Crippen LogP contribution in [0.15, 0.2) is 18.2 Å². The van der Waals surface area contributed by atoms with Crippen molar-refractivity contribution in [3.63, 3.8) is 0 Å². The van der Waals surface area contributed by atoms with Gasteiger partial charge < -0.3 is 14.8 Å². The number of nitrogens with zero attached hydrogens (tertiary/aromatic N) is 1. The molecule has 2 unspecified atom stereocenters. The minimum absolute atomic E-state index is 0.0313. The maximum absolute atomic E-state index is 12.7. The van der Waals surface area contributed by atoms with Crippen LogP contribution < -0.4 is 14.8 Å². The van der Waals surface area contributed by atoms with Gasteiger partial charge >= 0.3 is 0 Å². The highest BCUT2D eigenvalue weighted by Gasteiger charge is 2.26. The Bertz CT molecular complexity index is 750. The zero-order valence-corrected chi connectivity index (χ0v) is 15.2. The number of aryl methyl sites for hydroxylation is 2. The molecule has 2 atom stereocenters. The van der Waals surface area contributed by atoms with Crippen molar-refractivity contribution in [2.24, 2.45) is 5.92 Å². The molecular weight excluding hydrogens is 318 g/mol. The minimum atomic E-state index is -0.125. The maximum Gasteiger partial charge on any atom is 0.223 e. The van der Waals surface area contributed by atoms with Crippen molar-refractivity contribution < 1.29 is 14.3 Å². The van der Waals surface area contributed by atoms with Crippen LogP contribution in [0.4, 0.5) is 0 Å². The number of aromatic amines is 1. The summed E-state index contributed by atoms with van der Waals surface area (Å²) in [4.78, 5) is 12.7. The van der Waals surface area contributed by atoms with Crippen molar-refractivity contribution in [3.8, 4) is 11.5 Å². The number of methoxy groups -OCH3 is 1. The molecule has 2 aromatic rings. The van der Waals surface area contributed by atoms with E-state index in [0.717, 1.165) is 40.4 Å². The fourth-order valence-corrected chi connectivity index (χ4v) is 3.23. The smallest absolute Gasteiger partial charge is 0.223 e. The van der Waals surface area contributed by atoms with Gasteiger partial charge in [0.15, 0.2) is 0 Å². The molecule has 0 saturated heterocycles. The van der Waals surface area contributed by atoms with Gasteiger partial charge in [0.25, 0.3) is 0 Å². The zero-order valence-electron chi connectivity index (χ0n) is 15.2. The molecule has 2 N–H and O–H groups in total. The van der Waals surface area contributed by atoms with Gasteiger partial charge in [0, 0.05) is 29.7 Å². The molecule has 0 radical (unpaired) electrons. The highest BCUT2D eigenvalue weighted by Crippen LogP contribution is 2.35. The lowest BCUT2D eigenvalue weighted by Gasteiger charge is -2.28. The van der Waals surface area contributed by atoms with Crippen LogP contribution in [-0.2, 0) is 11.2 Å². The van der Waals surface area contributed by atoms with Crippen molar-refractivity contribution in [1.82, 2.24) is 15.5 Å². The lowest BCUT2D eigenvalue weighted by Crippen LogP contribution is -2.36. The standard InChI is InChI=1S/C19H25N3O3/c1-11(9-16-12(2)21-22-13(16)3)19(23)20-17-7-8-25-18-10-14(24-4)5-6-15(17)18/h5-6,10-11,17H,7-9H2,1-4H3,(H,20,23)(H,21,22). The van der Waals surface area contributed by atoms with E-state index in [1.807, 2.05) is 39.0 Å². The Hall–Kier alpha value is -2.50. The summed E-state index contributed by atoms with van der Waals surface area (Å²) in [5.74, 6) is 1.46. The molecule has 0 spiro atoms. The predicted molar refractivity (Wildman–Crippen MR) is 94.9 cm³/mol. The lowest BCUT2D eigenvalue weighted by molar-refractivity contribution is -0.125. The van der Waals surface area contributed by atoms with Gasteiger partial charge in [0.2, 0.25) is 5.91 Å². The summed E-state index contributed by atoms with van der Waals surface area (Å²) in [6.45, 7) is 6.49. The second-order valence-corrected chi connectivity index (χ2v) is 6.62. The second kappa shape index (κ2) is 7.17. The first-order valence-electron chi connectivity index (χ1n) is 8.61. The summed E-state index contributed by atoms with van der Waals surface area (Å²) in [5, 5.41) is 10.4. The van der Waals surface area contributed by atoms with Gasteiger partial charge in [-0.05, 0) is 38.0 Å². The van der Waals surface area contributed by atoms with E-state index < -0.39 is 0 Å². The van der Waals surface area contributed by atoms with Crippen molar-refractivity contribution in [1.29, 1.82) is 0 Å².